The van der Waals surface area contributed by atoms with Crippen molar-refractivity contribution >= 4 is 11.9 Å². The minimum absolute atomic E-state index is 0.0635. The Kier molecular flexibility index (Phi) is 0.193. The van der Waals surface area contributed by atoms with Gasteiger partial charge in [0.25, 0.3) is 0 Å². The number of hydrogen-bond acceptors (Lipinski definition) is 3. The van der Waals surface area contributed by atoms with Gasteiger partial charge < -0.3 is 0 Å². The van der Waals surface area contributed by atoms with E-state index in [2.05, 4.69) is 0 Å². The number of hydrogen-bond donors (Lipinski definition) is 1. The Bertz CT molecular complexity index is 1080. The van der Waals surface area contributed by atoms with Crippen molar-refractivity contribution < 1.29 is 25.9 Å². The third-order valence-electron chi connectivity index (χ3n) is 15.7. The molecule has 0 saturated carbocycles. The fourth-order valence-electron chi connectivity index (χ4n) is 17.9. The van der Waals surface area contributed by atoms with Crippen molar-refractivity contribution in [1.29, 1.82) is 0 Å². The van der Waals surface area contributed by atoms with Gasteiger partial charge in [-0.25, -0.2) is 0 Å². The van der Waals surface area contributed by atoms with E-state index in [-0.39, 0.29) is 10.3 Å². The molecule has 0 amide bonds. The van der Waals surface area contributed by atoms with Gasteiger partial charge in [0, 0.05) is 0 Å². The summed E-state index contributed by atoms with van der Waals surface area (Å²) < 4.78 is 4.40. The van der Waals surface area contributed by atoms with Crippen molar-refractivity contribution in [2.75, 3.05) is 7.11 Å². The summed E-state index contributed by atoms with van der Waals surface area (Å²) in [6.45, 7) is -4.01. The predicted octanol–water partition coefficient (Wildman–Crippen LogP) is 2.37. The Hall–Kier alpha value is -0.541. The molecule has 4 nitrogen and oxygen atoms in total. The molecule has 96 valence electrons. The minimum atomic E-state index is -4.01. The molecule has 1 N–H and O–H groups in total. The average molecular weight is 288 g/mol. The summed E-state index contributed by atoms with van der Waals surface area (Å²) in [5.74, 6) is -0.624. The molecule has 1 spiro atoms. The molecule has 0 aliphatic carbocycles. The number of carbonyl (C=O) groups is 2. The molecule has 5 atom stereocenters. The van der Waals surface area contributed by atoms with Crippen LogP contribution in [0.4, 0.5) is 0 Å². The van der Waals surface area contributed by atoms with E-state index in [0.29, 0.717) is 9.63 Å². The Labute approximate surface area is 92.3 Å². The van der Waals surface area contributed by atoms with Gasteiger partial charge in [0.05, 0.1) is 0 Å². The summed E-state index contributed by atoms with van der Waals surface area (Å²) in [6.07, 6.45) is 0. The second kappa shape index (κ2) is 0.514. The molecular weight excluding hydrogens is 276 g/mol. The molecule has 10 aliphatic heterocycles. The third-order valence-corrected chi connectivity index (χ3v) is 58.3. The Morgan fingerprint density at radius 1 is 1.00 bits per heavy atom. The molecule has 0 radical (unpaired) electrons. The summed E-state index contributed by atoms with van der Waals surface area (Å²) in [7, 11) is 1.48. The number of carbonyl (C=O) groups excluding carboxylic acids is 1. The molecule has 0 aromatic rings. The molecule has 10 rings (SSSR count). The van der Waals surface area contributed by atoms with Crippen LogP contribution in [0.1, 0.15) is 0 Å². The zero-order valence-corrected chi connectivity index (χ0v) is 10.7. The van der Waals surface area contributed by atoms with Crippen molar-refractivity contribution in [3.63, 3.8) is 0 Å². The topological polar surface area (TPSA) is 63.6 Å². The zero-order chi connectivity index (χ0) is 11.8. The average Bonchev–Trinajstić information content (AvgIpc) is 3.28. The first kappa shape index (κ1) is 6.76. The predicted molar refractivity (Wildman–Crippen MR) is 55.0 cm³/mol. The van der Waals surface area contributed by atoms with Crippen LogP contribution in [-0.4, -0.2) is 24.2 Å². The maximum atomic E-state index is 12.6. The third kappa shape index (κ3) is 0.0559. The number of carboxylic acid groups (broad SMARTS) is 1. The van der Waals surface area contributed by atoms with Crippen LogP contribution in [0.5, 0.6) is 0 Å². The molecule has 10 saturated heterocycles. The first-order valence-electron chi connectivity index (χ1n) is 6.89. The fourth-order valence-corrected chi connectivity index (χ4v) is 92.8. The van der Waals surface area contributed by atoms with E-state index in [1.807, 2.05) is 0 Å². The number of esters is 1. The number of aliphatic carboxylic acids is 1. The molecule has 5 unspecified atom stereocenters. The van der Waals surface area contributed by atoms with Gasteiger partial charge in [0.2, 0.25) is 0 Å². The van der Waals surface area contributed by atoms with E-state index in [0.717, 1.165) is 28.9 Å². The van der Waals surface area contributed by atoms with Crippen molar-refractivity contribution in [3.05, 3.63) is 0 Å². The van der Waals surface area contributed by atoms with Gasteiger partial charge in [-0.15, -0.1) is 0 Å². The van der Waals surface area contributed by atoms with Crippen molar-refractivity contribution in [2.24, 2.45) is 0 Å². The van der Waals surface area contributed by atoms with Gasteiger partial charge in [-0.1, -0.05) is 0 Å². The van der Waals surface area contributed by atoms with Gasteiger partial charge >= 0.3 is 92.1 Å². The second-order valence-corrected chi connectivity index (χ2v) is 33.8. The van der Waals surface area contributed by atoms with Gasteiger partial charge in [-0.2, -0.15) is 0 Å². The molecule has 5 heteroatoms. The quantitative estimate of drug-likeness (QED) is 0.626. The molecule has 0 aromatic heterocycles. The summed E-state index contributed by atoms with van der Waals surface area (Å²) >= 11 is 0. The van der Waals surface area contributed by atoms with Gasteiger partial charge in [-0.3, -0.25) is 0 Å². The van der Waals surface area contributed by atoms with Gasteiger partial charge in [0.15, 0.2) is 0 Å². The van der Waals surface area contributed by atoms with Crippen LogP contribution in [0.25, 0.3) is 0 Å². The van der Waals surface area contributed by atoms with Crippen LogP contribution >= 0.6 is 0 Å². The molecular formula is C13H12FeO4. The number of rotatable bonds is 2. The summed E-state index contributed by atoms with van der Waals surface area (Å²) in [6, 6.07) is 0. The SMILES string of the molecule is COC(=O)[C]12[CH]3[CH]4[CH]5[C]1(C(=O)O)[Fe]45321678[CH]2[CH]1[CH]6[CH]7[CH]28. The molecule has 18 heavy (non-hydrogen) atoms. The number of carboxylic acids is 1. The Morgan fingerprint density at radius 3 is 1.78 bits per heavy atom. The second-order valence-electron chi connectivity index (χ2n) is 10.5. The fraction of sp³-hybridized carbons (Fsp3) is 0.846. The van der Waals surface area contributed by atoms with E-state index >= 15 is 0 Å². The molecule has 0 aromatic carbocycles. The van der Waals surface area contributed by atoms with E-state index in [9.17, 15) is 14.7 Å². The van der Waals surface area contributed by atoms with Gasteiger partial charge in [-0.05, 0) is 0 Å². The summed E-state index contributed by atoms with van der Waals surface area (Å²) in [5.41, 5.74) is 0. The van der Waals surface area contributed by atoms with Crippen LogP contribution in [-0.2, 0) is 20.8 Å². The Balaban J connectivity index is 1.71. The number of fused-ring (bicyclic) bond motifs is 10. The molecule has 0 bridgehead atoms. The number of ether oxygens (including phenoxy) is 1. The standard InChI is InChI=1S/C8H7O4.C5H5.Fe/c1-12-8(11)6-4-2-3-5(6)7(9)10;1-2-4-5-3-1;/h2-4H,1H3,(H,9,10);1-5H;. The van der Waals surface area contributed by atoms with Crippen LogP contribution < -0.4 is 0 Å². The molecule has 10 heterocycles. The summed E-state index contributed by atoms with van der Waals surface area (Å²) in [5, 5.41) is 10.0. The van der Waals surface area contributed by atoms with Crippen molar-refractivity contribution in [1.82, 2.24) is 0 Å². The summed E-state index contributed by atoms with van der Waals surface area (Å²) in [4.78, 5) is 31.0. The molecule has 10 aliphatic rings. The molecule has 10 fully saturated rings. The van der Waals surface area contributed by atoms with Crippen molar-refractivity contribution in [2.45, 2.75) is 47.2 Å². The van der Waals surface area contributed by atoms with E-state index in [1.165, 1.54) is 7.11 Å². The van der Waals surface area contributed by atoms with Crippen LogP contribution in [0.3, 0.4) is 0 Å². The first-order valence-corrected chi connectivity index (χ1v) is 13.1. The van der Waals surface area contributed by atoms with E-state index in [4.69, 9.17) is 4.74 Å². The van der Waals surface area contributed by atoms with Gasteiger partial charge in [0.1, 0.15) is 0 Å². The van der Waals surface area contributed by atoms with E-state index < -0.39 is 16.8 Å². The monoisotopic (exact) mass is 288 g/mol. The Morgan fingerprint density at radius 2 is 1.50 bits per heavy atom. The number of methoxy groups -OCH3 is 1. The van der Waals surface area contributed by atoms with Crippen molar-refractivity contribution in [3.8, 4) is 0 Å². The normalized spacial score (nSPS) is 117. The zero-order valence-electron chi connectivity index (χ0n) is 9.64. The first-order chi connectivity index (χ1) is 8.36. The van der Waals surface area contributed by atoms with Crippen LogP contribution in [0.15, 0.2) is 0 Å². The van der Waals surface area contributed by atoms with Crippen LogP contribution in [0, 0.1) is 0 Å². The van der Waals surface area contributed by atoms with E-state index in [1.54, 1.807) is 0 Å². The maximum absolute atomic E-state index is 12.6. The van der Waals surface area contributed by atoms with Crippen LogP contribution in [0.2, 0.25) is 47.2 Å².